The Morgan fingerprint density at radius 1 is 1.40 bits per heavy atom. The van der Waals surface area contributed by atoms with Gasteiger partial charge in [0.1, 0.15) is 6.10 Å². The van der Waals surface area contributed by atoms with Gasteiger partial charge in [-0.15, -0.1) is 0 Å². The van der Waals surface area contributed by atoms with Crippen LogP contribution in [-0.2, 0) is 11.8 Å². The first-order chi connectivity index (χ1) is 12.1. The maximum atomic E-state index is 12.9. The lowest BCUT2D eigenvalue weighted by Gasteiger charge is -2.28. The Kier molecular flexibility index (Phi) is 4.17. The average molecular weight is 342 g/mol. The van der Waals surface area contributed by atoms with Crippen molar-refractivity contribution in [2.75, 3.05) is 20.3 Å². The van der Waals surface area contributed by atoms with Gasteiger partial charge in [-0.1, -0.05) is 0 Å². The number of amides is 1. The number of aryl methyl sites for hydroxylation is 1. The van der Waals surface area contributed by atoms with Crippen molar-refractivity contribution < 1.29 is 14.3 Å². The minimum Gasteiger partial charge on any atom is -0.482 e. The largest absolute Gasteiger partial charge is 0.482 e. The van der Waals surface area contributed by atoms with Crippen molar-refractivity contribution in [2.45, 2.75) is 30.9 Å². The van der Waals surface area contributed by atoms with Gasteiger partial charge in [-0.3, -0.25) is 14.5 Å². The average Bonchev–Trinajstić information content (AvgIpc) is 3.25. The molecule has 132 valence electrons. The number of likely N-dealkylation sites (N-methyl/N-ethyl adjacent to an activating group) is 1. The monoisotopic (exact) mass is 342 g/mol. The second-order valence-electron chi connectivity index (χ2n) is 6.77. The van der Waals surface area contributed by atoms with Crippen molar-refractivity contribution in [3.63, 3.8) is 0 Å². The summed E-state index contributed by atoms with van der Waals surface area (Å²) in [6, 6.07) is 3.56. The molecule has 2 aromatic heterocycles. The summed E-state index contributed by atoms with van der Waals surface area (Å²) in [7, 11) is 3.64. The Bertz CT molecular complexity index is 771. The number of hydrogen-bond acceptors (Lipinski definition) is 5. The quantitative estimate of drug-likeness (QED) is 0.826. The molecule has 2 aliphatic rings. The van der Waals surface area contributed by atoms with Crippen LogP contribution < -0.4 is 4.74 Å². The van der Waals surface area contributed by atoms with Gasteiger partial charge in [0.25, 0.3) is 5.91 Å². The minimum absolute atomic E-state index is 0.0282. The predicted octanol–water partition coefficient (Wildman–Crippen LogP) is 1.61. The molecule has 4 rings (SSSR count). The maximum Gasteiger partial charge on any atom is 0.254 e. The molecular formula is C18H22N4O3. The van der Waals surface area contributed by atoms with Crippen LogP contribution in [-0.4, -0.2) is 58.0 Å². The molecule has 3 heterocycles. The third-order valence-electron chi connectivity index (χ3n) is 4.81. The molecule has 7 heteroatoms. The highest BCUT2D eigenvalue weighted by atomic mass is 16.5. The molecule has 1 aliphatic heterocycles. The fourth-order valence-corrected chi connectivity index (χ4v) is 3.17. The summed E-state index contributed by atoms with van der Waals surface area (Å²) in [6.45, 7) is 0.925. The van der Waals surface area contributed by atoms with E-state index < -0.39 is 0 Å². The van der Waals surface area contributed by atoms with Gasteiger partial charge in [-0.25, -0.2) is 0 Å². The summed E-state index contributed by atoms with van der Waals surface area (Å²) in [6.07, 6.45) is 7.33. The van der Waals surface area contributed by atoms with E-state index in [1.54, 1.807) is 35.1 Å². The number of carbonyl (C=O) groups excluding carboxylic acids is 1. The van der Waals surface area contributed by atoms with Gasteiger partial charge in [0.2, 0.25) is 0 Å². The Labute approximate surface area is 146 Å². The van der Waals surface area contributed by atoms with Gasteiger partial charge >= 0.3 is 0 Å². The highest BCUT2D eigenvalue weighted by Crippen LogP contribution is 2.39. The topological polar surface area (TPSA) is 69.5 Å². The Morgan fingerprint density at radius 3 is 2.96 bits per heavy atom. The Balaban J connectivity index is 1.47. The van der Waals surface area contributed by atoms with Gasteiger partial charge < -0.3 is 14.4 Å². The summed E-state index contributed by atoms with van der Waals surface area (Å²) in [5, 5.41) is 4.11. The van der Waals surface area contributed by atoms with E-state index >= 15 is 0 Å². The molecule has 2 aromatic rings. The first-order valence-corrected chi connectivity index (χ1v) is 8.58. The summed E-state index contributed by atoms with van der Waals surface area (Å²) >= 11 is 0. The number of ether oxygens (including phenoxy) is 2. The molecule has 0 unspecified atom stereocenters. The van der Waals surface area contributed by atoms with E-state index in [-0.39, 0.29) is 18.1 Å². The van der Waals surface area contributed by atoms with Crippen molar-refractivity contribution in [2.24, 2.45) is 7.05 Å². The van der Waals surface area contributed by atoms with Gasteiger partial charge in [0.05, 0.1) is 31.6 Å². The van der Waals surface area contributed by atoms with Crippen molar-refractivity contribution in [3.8, 4) is 5.75 Å². The van der Waals surface area contributed by atoms with Crippen LogP contribution in [0.25, 0.3) is 0 Å². The molecule has 2 fully saturated rings. The van der Waals surface area contributed by atoms with E-state index in [2.05, 4.69) is 10.1 Å². The number of aromatic nitrogens is 3. The minimum atomic E-state index is -0.206. The van der Waals surface area contributed by atoms with Gasteiger partial charge in [-0.2, -0.15) is 5.10 Å². The van der Waals surface area contributed by atoms with Crippen molar-refractivity contribution in [1.82, 2.24) is 19.7 Å². The summed E-state index contributed by atoms with van der Waals surface area (Å²) in [5.74, 6) is 1.18. The number of nitrogens with zero attached hydrogens (tertiary/aromatic N) is 4. The molecule has 1 saturated carbocycles. The smallest absolute Gasteiger partial charge is 0.254 e. The predicted molar refractivity (Wildman–Crippen MR) is 90.5 cm³/mol. The van der Waals surface area contributed by atoms with E-state index in [1.165, 1.54) is 0 Å². The molecule has 1 aliphatic carbocycles. The Hall–Kier alpha value is -2.41. The lowest BCUT2D eigenvalue weighted by molar-refractivity contribution is 0.0621. The lowest BCUT2D eigenvalue weighted by atomic mass is 10.1. The number of carbonyl (C=O) groups is 1. The first-order valence-electron chi connectivity index (χ1n) is 8.58. The zero-order valence-electron chi connectivity index (χ0n) is 14.5. The third-order valence-corrected chi connectivity index (χ3v) is 4.81. The van der Waals surface area contributed by atoms with Crippen molar-refractivity contribution in [1.29, 1.82) is 0 Å². The maximum absolute atomic E-state index is 12.9. The number of rotatable bonds is 5. The van der Waals surface area contributed by atoms with Gasteiger partial charge in [0.15, 0.2) is 5.75 Å². The highest BCUT2D eigenvalue weighted by Gasteiger charge is 2.36. The molecule has 0 aromatic carbocycles. The van der Waals surface area contributed by atoms with E-state index in [0.717, 1.165) is 18.5 Å². The third kappa shape index (κ3) is 3.37. The lowest BCUT2D eigenvalue weighted by Crippen LogP contribution is -2.46. The van der Waals surface area contributed by atoms with E-state index in [9.17, 15) is 4.79 Å². The van der Waals surface area contributed by atoms with Crippen molar-refractivity contribution in [3.05, 3.63) is 42.0 Å². The standard InChI is InChI=1S/C18H22N4O3/c1-21-9-14(8-20-21)25-17-11-24-10-16(17)22(2)18(23)13-5-6-19-15(7-13)12-3-4-12/h5-9,12,16-17H,3-4,10-11H2,1-2H3/t16-,17+/m0/s1. The summed E-state index contributed by atoms with van der Waals surface area (Å²) in [4.78, 5) is 19.0. The zero-order valence-corrected chi connectivity index (χ0v) is 14.5. The van der Waals surface area contributed by atoms with Crippen LogP contribution in [0.15, 0.2) is 30.7 Å². The first kappa shape index (κ1) is 16.1. The molecule has 25 heavy (non-hydrogen) atoms. The fourth-order valence-electron chi connectivity index (χ4n) is 3.17. The summed E-state index contributed by atoms with van der Waals surface area (Å²) < 4.78 is 13.2. The van der Waals surface area contributed by atoms with Crippen molar-refractivity contribution >= 4 is 5.91 Å². The molecule has 0 N–H and O–H groups in total. The van der Waals surface area contributed by atoms with Crippen LogP contribution in [0.4, 0.5) is 0 Å². The molecule has 0 spiro atoms. The molecule has 2 atom stereocenters. The Morgan fingerprint density at radius 2 is 2.24 bits per heavy atom. The van der Waals surface area contributed by atoms with Crippen LogP contribution in [0.1, 0.15) is 34.8 Å². The normalized spacial score (nSPS) is 22.8. The van der Waals surface area contributed by atoms with Crippen LogP contribution in [0.3, 0.4) is 0 Å². The number of hydrogen-bond donors (Lipinski definition) is 0. The zero-order chi connectivity index (χ0) is 17.4. The van der Waals surface area contributed by atoms with E-state index in [4.69, 9.17) is 9.47 Å². The van der Waals surface area contributed by atoms with Crippen LogP contribution in [0.2, 0.25) is 0 Å². The number of pyridine rings is 1. The second kappa shape index (κ2) is 6.48. The molecular weight excluding hydrogens is 320 g/mol. The van der Waals surface area contributed by atoms with E-state index in [0.29, 0.717) is 30.4 Å². The molecule has 0 radical (unpaired) electrons. The molecule has 1 saturated heterocycles. The van der Waals surface area contributed by atoms with Gasteiger partial charge in [0, 0.05) is 37.5 Å². The highest BCUT2D eigenvalue weighted by molar-refractivity contribution is 5.94. The molecule has 0 bridgehead atoms. The fraction of sp³-hybridized carbons (Fsp3) is 0.500. The van der Waals surface area contributed by atoms with Crippen LogP contribution in [0.5, 0.6) is 5.75 Å². The van der Waals surface area contributed by atoms with E-state index in [1.807, 2.05) is 19.3 Å². The molecule has 7 nitrogen and oxygen atoms in total. The van der Waals surface area contributed by atoms with Gasteiger partial charge in [-0.05, 0) is 25.0 Å². The van der Waals surface area contributed by atoms with Crippen LogP contribution >= 0.6 is 0 Å². The van der Waals surface area contributed by atoms with Crippen LogP contribution in [0, 0.1) is 0 Å². The SMILES string of the molecule is CN(C(=O)c1ccnc(C2CC2)c1)[C@H]1COC[C@H]1Oc1cnn(C)c1. The second-order valence-corrected chi connectivity index (χ2v) is 6.77. The summed E-state index contributed by atoms with van der Waals surface area (Å²) in [5.41, 5.74) is 1.69. The molecule has 1 amide bonds.